The van der Waals surface area contributed by atoms with E-state index in [0.717, 1.165) is 6.33 Å². The molecule has 3 fully saturated rings. The lowest BCUT2D eigenvalue weighted by atomic mass is 9.86. The normalized spacial score (nSPS) is 41.7. The fraction of sp³-hybridized carbons (Fsp3) is 0.737. The second-order valence-corrected chi connectivity index (χ2v) is 14.7. The van der Waals surface area contributed by atoms with Crippen molar-refractivity contribution in [2.45, 2.75) is 61.3 Å². The van der Waals surface area contributed by atoms with E-state index in [-0.39, 0.29) is 17.0 Å². The van der Waals surface area contributed by atoms with Crippen LogP contribution in [-0.4, -0.2) is 122 Å². The number of nitrogens with zero attached hydrogens (tertiary/aromatic N) is 4. The SMILES string of the molecule is C[C@@]1(O)[C@H](O)[C@@H](COP(=O)(S)OP(=O)(O)OC2OC3(O)C2C(O)C(O)C3[C@@H](O)CO)O[C@H]1n1cnc2c(N)ncnc21. The summed E-state index contributed by atoms with van der Waals surface area (Å²) in [4.78, 5) is 22.1. The van der Waals surface area contributed by atoms with Gasteiger partial charge in [-0.1, -0.05) is 12.2 Å². The first-order chi connectivity index (χ1) is 19.4. The summed E-state index contributed by atoms with van der Waals surface area (Å²) < 4.78 is 51.6. The Labute approximate surface area is 240 Å². The van der Waals surface area contributed by atoms with Crippen molar-refractivity contribution in [2.75, 3.05) is 18.9 Å². The van der Waals surface area contributed by atoms with Gasteiger partial charge in [-0.2, -0.15) is 4.31 Å². The maximum atomic E-state index is 12.8. The highest BCUT2D eigenvalue weighted by Crippen LogP contribution is 2.68. The number of thiol groups is 1. The molecule has 0 spiro atoms. The van der Waals surface area contributed by atoms with E-state index in [9.17, 15) is 44.7 Å². The summed E-state index contributed by atoms with van der Waals surface area (Å²) >= 11 is 3.63. The van der Waals surface area contributed by atoms with Crippen LogP contribution in [0.25, 0.3) is 11.2 Å². The first kappa shape index (κ1) is 32.0. The number of aliphatic hydroxyl groups excluding tert-OH is 5. The zero-order chi connectivity index (χ0) is 31.0. The predicted octanol–water partition coefficient (Wildman–Crippen LogP) is -3.03. The molecular weight excluding hydrogens is 632 g/mol. The lowest BCUT2D eigenvalue weighted by molar-refractivity contribution is -0.427. The summed E-state index contributed by atoms with van der Waals surface area (Å²) in [7, 11) is -5.39. The Hall–Kier alpha value is -1.36. The van der Waals surface area contributed by atoms with E-state index in [2.05, 4.69) is 31.5 Å². The van der Waals surface area contributed by atoms with Crippen molar-refractivity contribution in [3.63, 3.8) is 0 Å². The fourth-order valence-electron chi connectivity index (χ4n) is 5.43. The standard InChI is InChI=1S/C19H29N5O15P2S/c1-18(30)13(29)7(36-17(18)24-5-23-10-14(20)21-4-22-15(10)24)3-35-41(34,42)39-40(32,33)38-16-9-12(28)11(27)8(6(26)2-25)19(9,31)37-16/h4-9,11-13,16-17,25-31H,2-3H2,1H3,(H,32,33)(H,34,42)(H2,20,21,22)/t6-,7+,8?,9?,11?,12?,13+,16?,17+,18+,19?,41?/m0/s1. The molecule has 1 aliphatic carbocycles. The Balaban J connectivity index is 1.22. The van der Waals surface area contributed by atoms with E-state index in [1.807, 2.05) is 0 Å². The molecular formula is C19H29N5O15P2S. The highest BCUT2D eigenvalue weighted by Gasteiger charge is 2.73. The van der Waals surface area contributed by atoms with E-state index in [1.54, 1.807) is 0 Å². The number of aliphatic hydroxyl groups is 7. The number of rotatable bonds is 10. The van der Waals surface area contributed by atoms with E-state index >= 15 is 0 Å². The Morgan fingerprint density at radius 1 is 1.21 bits per heavy atom. The molecule has 236 valence electrons. The first-order valence-corrected chi connectivity index (χ1v) is 16.4. The maximum absolute atomic E-state index is 12.8. The van der Waals surface area contributed by atoms with Crippen LogP contribution in [0.1, 0.15) is 13.2 Å². The van der Waals surface area contributed by atoms with Gasteiger partial charge in [-0.3, -0.25) is 13.6 Å². The quantitative estimate of drug-likeness (QED) is 0.0894. The van der Waals surface area contributed by atoms with Crippen molar-refractivity contribution >= 4 is 43.9 Å². The number of anilines is 1. The molecule has 13 atom stereocenters. The minimum absolute atomic E-state index is 0.0544. The van der Waals surface area contributed by atoms with Gasteiger partial charge in [-0.05, 0) is 6.92 Å². The van der Waals surface area contributed by atoms with Crippen LogP contribution in [-0.2, 0) is 32.0 Å². The third-order valence-corrected chi connectivity index (χ3v) is 11.1. The highest BCUT2D eigenvalue weighted by molar-refractivity contribution is 8.45. The largest absolute Gasteiger partial charge is 0.482 e. The molecule has 2 aromatic heterocycles. The number of hydrogen-bond donors (Lipinski definition) is 10. The van der Waals surface area contributed by atoms with Gasteiger partial charge in [0.05, 0.1) is 49.7 Å². The molecule has 1 saturated carbocycles. The zero-order valence-corrected chi connectivity index (χ0v) is 24.1. The second-order valence-electron chi connectivity index (χ2n) is 10.2. The molecule has 8 unspecified atom stereocenters. The number of imidazole rings is 1. The molecule has 2 aliphatic heterocycles. The molecule has 0 radical (unpaired) electrons. The van der Waals surface area contributed by atoms with Crippen LogP contribution < -0.4 is 5.73 Å². The third kappa shape index (κ3) is 5.30. The van der Waals surface area contributed by atoms with Gasteiger partial charge >= 0.3 is 14.6 Å². The summed E-state index contributed by atoms with van der Waals surface area (Å²) in [6.45, 7) is -5.23. The van der Waals surface area contributed by atoms with Crippen LogP contribution in [0.2, 0.25) is 0 Å². The van der Waals surface area contributed by atoms with Crippen molar-refractivity contribution in [1.82, 2.24) is 19.5 Å². The Kier molecular flexibility index (Phi) is 8.33. The monoisotopic (exact) mass is 661 g/mol. The van der Waals surface area contributed by atoms with E-state index in [0.29, 0.717) is 0 Å². The average molecular weight is 661 g/mol. The van der Waals surface area contributed by atoms with Crippen LogP contribution in [0.3, 0.4) is 0 Å². The fourth-order valence-corrected chi connectivity index (χ4v) is 8.62. The number of aromatic nitrogens is 4. The maximum Gasteiger partial charge on any atom is 0.482 e. The molecule has 0 bridgehead atoms. The molecule has 20 nitrogen and oxygen atoms in total. The molecule has 4 heterocycles. The lowest BCUT2D eigenvalue weighted by Gasteiger charge is -2.49. The number of nitrogen functional groups attached to an aromatic ring is 1. The minimum atomic E-state index is -5.39. The van der Waals surface area contributed by atoms with Gasteiger partial charge in [0.25, 0.3) is 0 Å². The van der Waals surface area contributed by atoms with E-state index in [1.165, 1.54) is 17.8 Å². The van der Waals surface area contributed by atoms with Gasteiger partial charge in [-0.25, -0.2) is 24.1 Å². The Morgan fingerprint density at radius 3 is 2.57 bits per heavy atom. The number of hydrogen-bond acceptors (Lipinski definition) is 18. The molecule has 0 aromatic carbocycles. The van der Waals surface area contributed by atoms with Gasteiger partial charge in [0, 0.05) is 0 Å². The number of phosphoric acid groups is 1. The van der Waals surface area contributed by atoms with E-state index < -0.39 is 94.1 Å². The van der Waals surface area contributed by atoms with Gasteiger partial charge < -0.3 is 55.8 Å². The van der Waals surface area contributed by atoms with Crippen molar-refractivity contribution in [1.29, 1.82) is 0 Å². The summed E-state index contributed by atoms with van der Waals surface area (Å²) in [5.74, 6) is -5.55. The Morgan fingerprint density at radius 2 is 1.90 bits per heavy atom. The van der Waals surface area contributed by atoms with Crippen molar-refractivity contribution in [3.05, 3.63) is 12.7 Å². The second kappa shape index (κ2) is 10.9. The van der Waals surface area contributed by atoms with Crippen molar-refractivity contribution in [3.8, 4) is 0 Å². The summed E-state index contributed by atoms with van der Waals surface area (Å²) in [5, 5.41) is 71.7. The van der Waals surface area contributed by atoms with Crippen LogP contribution in [0, 0.1) is 11.8 Å². The smallest absolute Gasteiger partial charge is 0.394 e. The topological polar surface area (TPSA) is 312 Å². The van der Waals surface area contributed by atoms with Crippen LogP contribution >= 0.6 is 26.9 Å². The van der Waals surface area contributed by atoms with Crippen LogP contribution in [0.5, 0.6) is 0 Å². The van der Waals surface area contributed by atoms with Gasteiger partial charge in [-0.15, -0.1) is 0 Å². The number of ether oxygens (including phenoxy) is 2. The molecule has 0 amide bonds. The van der Waals surface area contributed by atoms with Crippen molar-refractivity contribution in [2.24, 2.45) is 11.8 Å². The third-order valence-electron chi connectivity index (χ3n) is 7.48. The van der Waals surface area contributed by atoms with Crippen LogP contribution in [0.15, 0.2) is 12.7 Å². The molecule has 2 saturated heterocycles. The molecule has 3 aliphatic rings. The summed E-state index contributed by atoms with van der Waals surface area (Å²) in [6.07, 6.45) is -9.20. The van der Waals surface area contributed by atoms with Crippen molar-refractivity contribution < 1.29 is 72.6 Å². The van der Waals surface area contributed by atoms with Gasteiger partial charge in [0.1, 0.15) is 29.7 Å². The Bertz CT molecular complexity index is 1440. The highest BCUT2D eigenvalue weighted by atomic mass is 32.7. The van der Waals surface area contributed by atoms with Gasteiger partial charge in [0.2, 0.25) is 0 Å². The summed E-state index contributed by atoms with van der Waals surface area (Å²) in [5.41, 5.74) is 4.17. The minimum Gasteiger partial charge on any atom is -0.394 e. The number of nitrogens with two attached hydrogens (primary N) is 1. The van der Waals surface area contributed by atoms with Gasteiger partial charge in [0.15, 0.2) is 29.8 Å². The lowest BCUT2D eigenvalue weighted by Crippen LogP contribution is -2.64. The molecule has 23 heteroatoms. The summed E-state index contributed by atoms with van der Waals surface area (Å²) in [6, 6.07) is 0. The molecule has 10 N–H and O–H groups in total. The first-order valence-electron chi connectivity index (χ1n) is 12.2. The molecule has 5 rings (SSSR count). The zero-order valence-electron chi connectivity index (χ0n) is 21.4. The van der Waals surface area contributed by atoms with Crippen LogP contribution in [0.4, 0.5) is 5.82 Å². The molecule has 2 aromatic rings. The number of phosphoric ester groups is 1. The van der Waals surface area contributed by atoms with E-state index in [4.69, 9.17) is 29.4 Å². The average Bonchev–Trinajstić information content (AvgIpc) is 3.44. The molecule has 42 heavy (non-hydrogen) atoms. The number of fused-ring (bicyclic) bond motifs is 2. The predicted molar refractivity (Wildman–Crippen MR) is 137 cm³/mol.